The van der Waals surface area contributed by atoms with Gasteiger partial charge in [0.15, 0.2) is 0 Å². The van der Waals surface area contributed by atoms with E-state index < -0.39 is 10.0 Å². The van der Waals surface area contributed by atoms with Gasteiger partial charge in [-0.2, -0.15) is 4.31 Å². The molecule has 0 fully saturated rings. The molecule has 3 heterocycles. The third-order valence-electron chi connectivity index (χ3n) is 4.53. The van der Waals surface area contributed by atoms with Crippen molar-refractivity contribution in [3.63, 3.8) is 0 Å². The minimum atomic E-state index is -3.77. The van der Waals surface area contributed by atoms with Crippen LogP contribution in [-0.2, 0) is 29.4 Å². The molecular weight excluding hydrogens is 366 g/mol. The van der Waals surface area contributed by atoms with Gasteiger partial charge in [0.2, 0.25) is 10.0 Å². The number of aromatic amines is 1. The Morgan fingerprint density at radius 3 is 3.00 bits per heavy atom. The molecule has 0 saturated carbocycles. The van der Waals surface area contributed by atoms with Gasteiger partial charge in [-0.15, -0.1) is 0 Å². The number of rotatable bonds is 2. The van der Waals surface area contributed by atoms with Crippen LogP contribution in [-0.4, -0.2) is 35.3 Å². The van der Waals surface area contributed by atoms with Crippen molar-refractivity contribution < 1.29 is 13.2 Å². The van der Waals surface area contributed by atoms with Gasteiger partial charge in [-0.1, -0.05) is 11.6 Å². The number of nitrogens with zero attached hydrogens (tertiary/aromatic N) is 2. The molecule has 1 aromatic carbocycles. The quantitative estimate of drug-likeness (QED) is 0.850. The highest BCUT2D eigenvalue weighted by Gasteiger charge is 2.32. The lowest BCUT2D eigenvalue weighted by Gasteiger charge is -2.26. The summed E-state index contributed by atoms with van der Waals surface area (Å²) in [6.07, 6.45) is 2.33. The molecule has 0 aliphatic carbocycles. The van der Waals surface area contributed by atoms with E-state index in [0.29, 0.717) is 29.8 Å². The van der Waals surface area contributed by atoms with Crippen LogP contribution in [0.25, 0.3) is 0 Å². The predicted octanol–water partition coefficient (Wildman–Crippen LogP) is 1.49. The van der Waals surface area contributed by atoms with E-state index in [9.17, 15) is 13.2 Å². The van der Waals surface area contributed by atoms with E-state index >= 15 is 0 Å². The zero-order valence-electron chi connectivity index (χ0n) is 13.5. The topological polar surface area (TPSA) is 92.4 Å². The second-order valence-electron chi connectivity index (χ2n) is 6.27. The first kappa shape index (κ1) is 16.6. The third-order valence-corrected chi connectivity index (χ3v) is 6.63. The second kappa shape index (κ2) is 5.82. The Hall–Kier alpha value is -1.90. The number of halogens is 1. The maximum atomic E-state index is 13.0. The molecule has 132 valence electrons. The van der Waals surface area contributed by atoms with Gasteiger partial charge in [-0.05, 0) is 19.1 Å². The molecule has 4 rings (SSSR count). The molecule has 7 nitrogen and oxygen atoms in total. The molecule has 0 bridgehead atoms. The minimum Gasteiger partial charge on any atom is -0.489 e. The molecule has 0 spiro atoms. The fraction of sp³-hybridized carbons (Fsp3) is 0.375. The van der Waals surface area contributed by atoms with Crippen LogP contribution in [0, 0.1) is 0 Å². The van der Waals surface area contributed by atoms with Crippen molar-refractivity contribution >= 4 is 21.6 Å². The summed E-state index contributed by atoms with van der Waals surface area (Å²) in [6, 6.07) is 3.03. The van der Waals surface area contributed by atoms with Gasteiger partial charge in [-0.3, -0.25) is 4.79 Å². The van der Waals surface area contributed by atoms with Gasteiger partial charge in [0.1, 0.15) is 11.9 Å². The smallest absolute Gasteiger partial charge is 0.255 e. The lowest BCUT2D eigenvalue weighted by atomic mass is 10.1. The second-order valence-corrected chi connectivity index (χ2v) is 8.62. The number of ether oxygens (including phenoxy) is 1. The van der Waals surface area contributed by atoms with Gasteiger partial charge >= 0.3 is 0 Å². The lowest BCUT2D eigenvalue weighted by Crippen LogP contribution is -2.39. The van der Waals surface area contributed by atoms with Crippen LogP contribution in [0.2, 0.25) is 5.02 Å². The molecule has 1 atom stereocenters. The largest absolute Gasteiger partial charge is 0.489 e. The highest BCUT2D eigenvalue weighted by Crippen LogP contribution is 2.38. The van der Waals surface area contributed by atoms with Crippen molar-refractivity contribution in [1.29, 1.82) is 0 Å². The molecule has 1 aromatic heterocycles. The molecule has 0 saturated heterocycles. The van der Waals surface area contributed by atoms with Crippen molar-refractivity contribution in [2.45, 2.75) is 37.3 Å². The molecule has 2 aliphatic heterocycles. The lowest BCUT2D eigenvalue weighted by molar-refractivity contribution is 0.255. The van der Waals surface area contributed by atoms with Crippen LogP contribution in [0.15, 0.2) is 28.2 Å². The van der Waals surface area contributed by atoms with E-state index in [4.69, 9.17) is 16.3 Å². The van der Waals surface area contributed by atoms with Crippen LogP contribution in [0.3, 0.4) is 0 Å². The molecule has 2 aliphatic rings. The van der Waals surface area contributed by atoms with E-state index in [1.165, 1.54) is 16.7 Å². The number of nitrogens with one attached hydrogen (secondary N) is 1. The van der Waals surface area contributed by atoms with Crippen molar-refractivity contribution in [3.8, 4) is 5.75 Å². The Kier molecular flexibility index (Phi) is 3.86. The maximum Gasteiger partial charge on any atom is 0.255 e. The molecule has 2 aromatic rings. The number of benzene rings is 1. The Bertz CT molecular complexity index is 1020. The fourth-order valence-corrected chi connectivity index (χ4v) is 5.13. The van der Waals surface area contributed by atoms with E-state index in [1.807, 2.05) is 6.92 Å². The van der Waals surface area contributed by atoms with Crippen molar-refractivity contribution in [1.82, 2.24) is 14.3 Å². The van der Waals surface area contributed by atoms with Crippen LogP contribution < -0.4 is 10.3 Å². The zero-order chi connectivity index (χ0) is 17.8. The molecule has 1 unspecified atom stereocenters. The average Bonchev–Trinajstić information content (AvgIpc) is 2.96. The van der Waals surface area contributed by atoms with Crippen LogP contribution in [0.5, 0.6) is 5.75 Å². The SMILES string of the molecule is CC1Cc2cc(S(=O)(=O)N3CCc4nc[nH]c(=O)c4C3)cc(Cl)c2O1. The van der Waals surface area contributed by atoms with E-state index in [2.05, 4.69) is 9.97 Å². The van der Waals surface area contributed by atoms with Crippen molar-refractivity contribution in [2.24, 2.45) is 0 Å². The molecular formula is C16H16ClN3O4S. The van der Waals surface area contributed by atoms with Gasteiger partial charge in [-0.25, -0.2) is 13.4 Å². The minimum absolute atomic E-state index is 0.00243. The third kappa shape index (κ3) is 2.74. The number of sulfonamides is 1. The number of fused-ring (bicyclic) bond motifs is 2. The van der Waals surface area contributed by atoms with Crippen LogP contribution in [0.4, 0.5) is 0 Å². The first-order chi connectivity index (χ1) is 11.9. The first-order valence-corrected chi connectivity index (χ1v) is 9.72. The van der Waals surface area contributed by atoms with Crippen LogP contribution >= 0.6 is 11.6 Å². The summed E-state index contributed by atoms with van der Waals surface area (Å²) in [5.74, 6) is 0.553. The highest BCUT2D eigenvalue weighted by molar-refractivity contribution is 7.89. The summed E-state index contributed by atoms with van der Waals surface area (Å²) < 4.78 is 33.0. The molecule has 1 N–H and O–H groups in total. The zero-order valence-corrected chi connectivity index (χ0v) is 15.0. The van der Waals surface area contributed by atoms with Gasteiger partial charge in [0.25, 0.3) is 5.56 Å². The van der Waals surface area contributed by atoms with Gasteiger partial charge in [0, 0.05) is 31.5 Å². The van der Waals surface area contributed by atoms with Crippen molar-refractivity contribution in [2.75, 3.05) is 6.54 Å². The normalized spacial score (nSPS) is 20.0. The Balaban J connectivity index is 1.72. The number of hydrogen-bond donors (Lipinski definition) is 1. The molecule has 0 radical (unpaired) electrons. The predicted molar refractivity (Wildman–Crippen MR) is 91.4 cm³/mol. The summed E-state index contributed by atoms with van der Waals surface area (Å²) in [6.45, 7) is 2.18. The summed E-state index contributed by atoms with van der Waals surface area (Å²) in [7, 11) is -3.77. The summed E-state index contributed by atoms with van der Waals surface area (Å²) in [5, 5.41) is 0.289. The molecule has 0 amide bonds. The molecule has 25 heavy (non-hydrogen) atoms. The average molecular weight is 382 g/mol. The van der Waals surface area contributed by atoms with E-state index in [0.717, 1.165) is 5.56 Å². The number of aromatic nitrogens is 2. The monoisotopic (exact) mass is 381 g/mol. The van der Waals surface area contributed by atoms with E-state index in [1.54, 1.807) is 6.07 Å². The Morgan fingerprint density at radius 1 is 1.40 bits per heavy atom. The highest BCUT2D eigenvalue weighted by atomic mass is 35.5. The summed E-state index contributed by atoms with van der Waals surface area (Å²) in [5.41, 5.74) is 1.51. The van der Waals surface area contributed by atoms with Gasteiger partial charge in [0.05, 0.1) is 27.5 Å². The van der Waals surface area contributed by atoms with E-state index in [-0.39, 0.29) is 34.7 Å². The number of hydrogen-bond acceptors (Lipinski definition) is 5. The van der Waals surface area contributed by atoms with Gasteiger partial charge < -0.3 is 9.72 Å². The summed E-state index contributed by atoms with van der Waals surface area (Å²) >= 11 is 6.22. The first-order valence-electron chi connectivity index (χ1n) is 7.91. The number of H-pyrrole nitrogens is 1. The fourth-order valence-electron chi connectivity index (χ4n) is 3.29. The molecule has 9 heteroatoms. The summed E-state index contributed by atoms with van der Waals surface area (Å²) in [4.78, 5) is 18.7. The van der Waals surface area contributed by atoms with Crippen molar-refractivity contribution in [3.05, 3.63) is 50.7 Å². The van der Waals surface area contributed by atoms with Crippen LogP contribution in [0.1, 0.15) is 23.7 Å². The Labute approximate surface area is 149 Å². The maximum absolute atomic E-state index is 13.0. The standard InChI is InChI=1S/C16H16ClN3O4S/c1-9-4-10-5-11(6-13(17)15(10)24-9)25(22,23)20-3-2-14-12(7-20)16(21)19-8-18-14/h5-6,8-9H,2-4,7H2,1H3,(H,18,19,21). The Morgan fingerprint density at radius 2 is 2.20 bits per heavy atom.